The van der Waals surface area contributed by atoms with E-state index < -0.39 is 0 Å². The molecule has 0 spiro atoms. The third-order valence-corrected chi connectivity index (χ3v) is 2.38. The zero-order valence-corrected chi connectivity index (χ0v) is 7.99. The fourth-order valence-electron chi connectivity index (χ4n) is 1.64. The molecule has 0 unspecified atom stereocenters. The van der Waals surface area contributed by atoms with Crippen molar-refractivity contribution < 1.29 is 0 Å². The number of rotatable bonds is 1. The van der Waals surface area contributed by atoms with E-state index in [4.69, 9.17) is 5.73 Å². The van der Waals surface area contributed by atoms with Gasteiger partial charge in [-0.2, -0.15) is 0 Å². The van der Waals surface area contributed by atoms with E-state index in [1.165, 1.54) is 0 Å². The summed E-state index contributed by atoms with van der Waals surface area (Å²) in [6.07, 6.45) is 3.78. The number of anilines is 1. The number of nitrogen functional groups attached to an aromatic ring is 1. The van der Waals surface area contributed by atoms with Gasteiger partial charge in [0.05, 0.1) is 11.0 Å². The quantitative estimate of drug-likeness (QED) is 0.524. The van der Waals surface area contributed by atoms with Crippen LogP contribution >= 0.6 is 0 Å². The van der Waals surface area contributed by atoms with Crippen molar-refractivity contribution in [1.82, 2.24) is 15.0 Å². The molecule has 0 saturated heterocycles. The van der Waals surface area contributed by atoms with Gasteiger partial charge in [0.2, 0.25) is 0 Å². The first-order valence-corrected chi connectivity index (χ1v) is 4.71. The lowest BCUT2D eigenvalue weighted by Crippen LogP contribution is -1.82. The van der Waals surface area contributed by atoms with Gasteiger partial charge in [0.25, 0.3) is 0 Å². The molecular weight excluding hydrogens is 188 g/mol. The van der Waals surface area contributed by atoms with Gasteiger partial charge in [0, 0.05) is 23.6 Å². The summed E-state index contributed by atoms with van der Waals surface area (Å²) in [5.74, 6) is 0.858. The SMILES string of the molecule is Nc1ccc2nc(-c3cc[nH]c3)[nH]c2c1. The number of nitrogens with one attached hydrogen (secondary N) is 2. The van der Waals surface area contributed by atoms with Crippen LogP contribution in [0.5, 0.6) is 0 Å². The van der Waals surface area contributed by atoms with Crippen molar-refractivity contribution in [2.24, 2.45) is 0 Å². The fourth-order valence-corrected chi connectivity index (χ4v) is 1.64. The summed E-state index contributed by atoms with van der Waals surface area (Å²) in [5, 5.41) is 0. The number of hydrogen-bond acceptors (Lipinski definition) is 2. The Balaban J connectivity index is 2.22. The first-order chi connectivity index (χ1) is 7.33. The highest BCUT2D eigenvalue weighted by molar-refractivity contribution is 5.82. The summed E-state index contributed by atoms with van der Waals surface area (Å²) in [5.41, 5.74) is 9.38. The second-order valence-corrected chi connectivity index (χ2v) is 3.46. The van der Waals surface area contributed by atoms with Crippen LogP contribution < -0.4 is 5.73 Å². The molecule has 74 valence electrons. The average molecular weight is 198 g/mol. The Morgan fingerprint density at radius 3 is 2.93 bits per heavy atom. The summed E-state index contributed by atoms with van der Waals surface area (Å²) in [6.45, 7) is 0. The lowest BCUT2D eigenvalue weighted by Gasteiger charge is -1.89. The van der Waals surface area contributed by atoms with Gasteiger partial charge in [0.1, 0.15) is 5.82 Å². The van der Waals surface area contributed by atoms with Gasteiger partial charge in [-0.15, -0.1) is 0 Å². The Labute approximate surface area is 86.1 Å². The Kier molecular flexibility index (Phi) is 1.56. The molecule has 4 heteroatoms. The van der Waals surface area contributed by atoms with Gasteiger partial charge < -0.3 is 15.7 Å². The molecule has 0 amide bonds. The number of aromatic amines is 2. The molecular formula is C11H10N4. The van der Waals surface area contributed by atoms with Crippen molar-refractivity contribution in [1.29, 1.82) is 0 Å². The Hall–Kier alpha value is -2.23. The number of nitrogens with zero attached hydrogens (tertiary/aromatic N) is 1. The zero-order valence-electron chi connectivity index (χ0n) is 7.99. The molecule has 4 N–H and O–H groups in total. The highest BCUT2D eigenvalue weighted by Crippen LogP contribution is 2.21. The number of H-pyrrole nitrogens is 2. The van der Waals surface area contributed by atoms with Crippen molar-refractivity contribution in [3.63, 3.8) is 0 Å². The second-order valence-electron chi connectivity index (χ2n) is 3.46. The second kappa shape index (κ2) is 2.88. The van der Waals surface area contributed by atoms with E-state index in [9.17, 15) is 0 Å². The van der Waals surface area contributed by atoms with E-state index in [-0.39, 0.29) is 0 Å². The molecule has 2 heterocycles. The molecule has 0 fully saturated rings. The van der Waals surface area contributed by atoms with Gasteiger partial charge in [-0.25, -0.2) is 4.98 Å². The summed E-state index contributed by atoms with van der Waals surface area (Å²) < 4.78 is 0. The number of fused-ring (bicyclic) bond motifs is 1. The minimum atomic E-state index is 0.742. The minimum absolute atomic E-state index is 0.742. The van der Waals surface area contributed by atoms with Gasteiger partial charge in [0.15, 0.2) is 0 Å². The first-order valence-electron chi connectivity index (χ1n) is 4.71. The fraction of sp³-hybridized carbons (Fsp3) is 0. The summed E-state index contributed by atoms with van der Waals surface area (Å²) in [6, 6.07) is 7.63. The van der Waals surface area contributed by atoms with E-state index in [0.29, 0.717) is 0 Å². The normalized spacial score (nSPS) is 10.9. The largest absolute Gasteiger partial charge is 0.399 e. The smallest absolute Gasteiger partial charge is 0.140 e. The predicted molar refractivity (Wildman–Crippen MR) is 60.3 cm³/mol. The summed E-state index contributed by atoms with van der Waals surface area (Å²) >= 11 is 0. The van der Waals surface area contributed by atoms with Crippen LogP contribution in [-0.2, 0) is 0 Å². The first kappa shape index (κ1) is 8.11. The monoisotopic (exact) mass is 198 g/mol. The van der Waals surface area contributed by atoms with Crippen LogP contribution in [0, 0.1) is 0 Å². The molecule has 0 aliphatic heterocycles. The predicted octanol–water partition coefficient (Wildman–Crippen LogP) is 2.14. The van der Waals surface area contributed by atoms with Gasteiger partial charge >= 0.3 is 0 Å². The third-order valence-electron chi connectivity index (χ3n) is 2.38. The van der Waals surface area contributed by atoms with Crippen LogP contribution in [0.2, 0.25) is 0 Å². The van der Waals surface area contributed by atoms with Gasteiger partial charge in [-0.3, -0.25) is 0 Å². The lowest BCUT2D eigenvalue weighted by atomic mass is 10.3. The molecule has 4 nitrogen and oxygen atoms in total. The molecule has 3 rings (SSSR count). The number of aromatic nitrogens is 3. The van der Waals surface area contributed by atoms with Crippen molar-refractivity contribution in [3.8, 4) is 11.4 Å². The van der Waals surface area contributed by atoms with Crippen molar-refractivity contribution in [2.45, 2.75) is 0 Å². The Morgan fingerprint density at radius 1 is 1.20 bits per heavy atom. The van der Waals surface area contributed by atoms with E-state index >= 15 is 0 Å². The maximum absolute atomic E-state index is 5.70. The Bertz CT molecular complexity index is 592. The van der Waals surface area contributed by atoms with Crippen LogP contribution in [0.1, 0.15) is 0 Å². The molecule has 0 aliphatic carbocycles. The maximum Gasteiger partial charge on any atom is 0.140 e. The van der Waals surface area contributed by atoms with Gasteiger partial charge in [-0.05, 0) is 24.3 Å². The molecule has 2 aromatic heterocycles. The van der Waals surface area contributed by atoms with Crippen LogP contribution in [0.3, 0.4) is 0 Å². The average Bonchev–Trinajstić information content (AvgIpc) is 2.84. The van der Waals surface area contributed by atoms with Crippen molar-refractivity contribution >= 4 is 16.7 Å². The minimum Gasteiger partial charge on any atom is -0.399 e. The van der Waals surface area contributed by atoms with E-state index in [0.717, 1.165) is 28.1 Å². The van der Waals surface area contributed by atoms with E-state index in [2.05, 4.69) is 15.0 Å². The number of imidazole rings is 1. The topological polar surface area (TPSA) is 70.5 Å². The molecule has 0 bridgehead atoms. The van der Waals surface area contributed by atoms with Gasteiger partial charge in [-0.1, -0.05) is 0 Å². The molecule has 15 heavy (non-hydrogen) atoms. The van der Waals surface area contributed by atoms with E-state index in [1.54, 1.807) is 0 Å². The van der Waals surface area contributed by atoms with E-state index in [1.807, 2.05) is 36.7 Å². The summed E-state index contributed by atoms with van der Waals surface area (Å²) in [4.78, 5) is 10.7. The molecule has 0 saturated carbocycles. The zero-order chi connectivity index (χ0) is 10.3. The lowest BCUT2D eigenvalue weighted by molar-refractivity contribution is 1.33. The summed E-state index contributed by atoms with van der Waals surface area (Å²) in [7, 11) is 0. The highest BCUT2D eigenvalue weighted by atomic mass is 14.9. The number of nitrogens with two attached hydrogens (primary N) is 1. The number of hydrogen-bond donors (Lipinski definition) is 3. The maximum atomic E-state index is 5.70. The van der Waals surface area contributed by atoms with Crippen molar-refractivity contribution in [3.05, 3.63) is 36.7 Å². The van der Waals surface area contributed by atoms with Crippen LogP contribution in [0.25, 0.3) is 22.4 Å². The van der Waals surface area contributed by atoms with Crippen molar-refractivity contribution in [2.75, 3.05) is 5.73 Å². The molecule has 3 aromatic rings. The Morgan fingerprint density at radius 2 is 2.13 bits per heavy atom. The number of benzene rings is 1. The standard InChI is InChI=1S/C11H10N4/c12-8-1-2-9-10(5-8)15-11(14-9)7-3-4-13-6-7/h1-6,13H,12H2,(H,14,15). The molecule has 0 atom stereocenters. The highest BCUT2D eigenvalue weighted by Gasteiger charge is 2.04. The molecule has 0 aliphatic rings. The third kappa shape index (κ3) is 1.27. The van der Waals surface area contributed by atoms with Crippen LogP contribution in [0.15, 0.2) is 36.7 Å². The molecule has 0 radical (unpaired) electrons. The van der Waals surface area contributed by atoms with Crippen LogP contribution in [0.4, 0.5) is 5.69 Å². The van der Waals surface area contributed by atoms with Crippen LogP contribution in [-0.4, -0.2) is 15.0 Å². The molecule has 1 aromatic carbocycles.